The van der Waals surface area contributed by atoms with Gasteiger partial charge in [0.15, 0.2) is 0 Å². The number of thiophene rings is 1. The van der Waals surface area contributed by atoms with Crippen LogP contribution in [0.3, 0.4) is 0 Å². The van der Waals surface area contributed by atoms with Crippen molar-refractivity contribution in [3.63, 3.8) is 0 Å². The topological polar surface area (TPSA) is 81.5 Å². The second-order valence-electron chi connectivity index (χ2n) is 6.89. The molecule has 30 heavy (non-hydrogen) atoms. The molecule has 0 bridgehead atoms. The van der Waals surface area contributed by atoms with Crippen LogP contribution in [0.5, 0.6) is 5.75 Å². The van der Waals surface area contributed by atoms with E-state index in [4.69, 9.17) is 9.47 Å². The molecule has 150 valence electrons. The second-order valence-corrected chi connectivity index (χ2v) is 8.20. The lowest BCUT2D eigenvalue weighted by Crippen LogP contribution is -2.29. The third-order valence-electron chi connectivity index (χ3n) is 5.14. The van der Waals surface area contributed by atoms with Crippen LogP contribution in [0.4, 0.5) is 0 Å². The minimum absolute atomic E-state index is 0.356. The summed E-state index contributed by atoms with van der Waals surface area (Å²) in [7, 11) is 1.57. The Labute approximate surface area is 180 Å². The maximum atomic E-state index is 13.0. The fraction of sp³-hybridized carbons (Fsp3) is 0.136. The van der Waals surface area contributed by atoms with Crippen molar-refractivity contribution < 1.29 is 19.4 Å². The Morgan fingerprint density at radius 3 is 2.63 bits per heavy atom. The zero-order chi connectivity index (χ0) is 20.7. The molecule has 3 heterocycles. The first kappa shape index (κ1) is 18.9. The molecule has 0 fully saturated rings. The standard InChI is InChI=1S/C22H16N2O4S2/c1-27-16-5-3-15(4-6-16)22(26)17(10-13-8-9-29-12-13)20(21(25)28-22)14-2-7-18-19(11-14)24-30-23-18/h2-9,11-12,26H,10H2,1H3. The van der Waals surface area contributed by atoms with Gasteiger partial charge in [0.25, 0.3) is 5.79 Å². The number of carbonyl (C=O) groups is 1. The number of benzene rings is 2. The van der Waals surface area contributed by atoms with Crippen LogP contribution in [-0.4, -0.2) is 26.9 Å². The van der Waals surface area contributed by atoms with Gasteiger partial charge in [-0.1, -0.05) is 6.07 Å². The average molecular weight is 437 g/mol. The van der Waals surface area contributed by atoms with Gasteiger partial charge in [-0.15, -0.1) is 0 Å². The van der Waals surface area contributed by atoms with Gasteiger partial charge in [0.05, 0.1) is 24.4 Å². The molecule has 0 radical (unpaired) electrons. The number of ether oxygens (including phenoxy) is 2. The normalized spacial score (nSPS) is 18.8. The van der Waals surface area contributed by atoms with E-state index in [1.807, 2.05) is 35.0 Å². The largest absolute Gasteiger partial charge is 0.497 e. The van der Waals surface area contributed by atoms with Crippen LogP contribution in [0.2, 0.25) is 0 Å². The van der Waals surface area contributed by atoms with E-state index < -0.39 is 11.8 Å². The van der Waals surface area contributed by atoms with Gasteiger partial charge in [0, 0.05) is 17.6 Å². The summed E-state index contributed by atoms with van der Waals surface area (Å²) in [6.07, 6.45) is 0.375. The molecule has 2 aromatic carbocycles. The van der Waals surface area contributed by atoms with Crippen LogP contribution < -0.4 is 4.74 Å². The highest BCUT2D eigenvalue weighted by molar-refractivity contribution is 7.08. The van der Waals surface area contributed by atoms with Gasteiger partial charge in [0.1, 0.15) is 16.8 Å². The van der Waals surface area contributed by atoms with Gasteiger partial charge in [-0.3, -0.25) is 0 Å². The molecule has 0 saturated carbocycles. The van der Waals surface area contributed by atoms with Crippen molar-refractivity contribution in [3.05, 3.63) is 81.6 Å². The fourth-order valence-electron chi connectivity index (χ4n) is 3.62. The minimum Gasteiger partial charge on any atom is -0.497 e. The SMILES string of the molecule is COc1ccc(C2(O)OC(=O)C(c3ccc4nsnc4c3)=C2Cc2ccsc2)cc1. The summed E-state index contributed by atoms with van der Waals surface area (Å²) in [5.74, 6) is -1.78. The van der Waals surface area contributed by atoms with Crippen molar-refractivity contribution in [1.82, 2.24) is 8.75 Å². The Bertz CT molecular complexity index is 1260. The number of hydrogen-bond donors (Lipinski definition) is 1. The number of carbonyl (C=O) groups excluding carboxylic acids is 1. The molecule has 0 spiro atoms. The number of aliphatic hydroxyl groups is 1. The Morgan fingerprint density at radius 1 is 1.10 bits per heavy atom. The highest BCUT2D eigenvalue weighted by atomic mass is 32.1. The highest BCUT2D eigenvalue weighted by Crippen LogP contribution is 2.45. The van der Waals surface area contributed by atoms with Crippen LogP contribution in [0.25, 0.3) is 16.6 Å². The monoisotopic (exact) mass is 436 g/mol. The zero-order valence-electron chi connectivity index (χ0n) is 15.9. The first-order chi connectivity index (χ1) is 14.6. The van der Waals surface area contributed by atoms with E-state index in [-0.39, 0.29) is 0 Å². The van der Waals surface area contributed by atoms with Crippen molar-refractivity contribution in [1.29, 1.82) is 0 Å². The maximum absolute atomic E-state index is 13.0. The number of nitrogens with zero attached hydrogens (tertiary/aromatic N) is 2. The summed E-state index contributed by atoms with van der Waals surface area (Å²) in [5.41, 5.74) is 4.43. The van der Waals surface area contributed by atoms with Gasteiger partial charge in [0.2, 0.25) is 0 Å². The number of esters is 1. The molecule has 8 heteroatoms. The van der Waals surface area contributed by atoms with Crippen molar-refractivity contribution >= 4 is 45.6 Å². The van der Waals surface area contributed by atoms with Gasteiger partial charge in [-0.05, 0) is 64.4 Å². The Morgan fingerprint density at radius 2 is 1.90 bits per heavy atom. The van der Waals surface area contributed by atoms with Gasteiger partial charge in [-0.2, -0.15) is 20.1 Å². The molecule has 1 aliphatic rings. The predicted octanol–water partition coefficient (Wildman–Crippen LogP) is 4.16. The highest BCUT2D eigenvalue weighted by Gasteiger charge is 2.48. The van der Waals surface area contributed by atoms with Gasteiger partial charge in [-0.25, -0.2) is 4.79 Å². The first-order valence-electron chi connectivity index (χ1n) is 9.16. The van der Waals surface area contributed by atoms with Crippen molar-refractivity contribution in [3.8, 4) is 5.75 Å². The molecule has 4 aromatic rings. The quantitative estimate of drug-likeness (QED) is 0.473. The molecule has 1 aliphatic heterocycles. The molecule has 6 nitrogen and oxygen atoms in total. The second kappa shape index (κ2) is 7.32. The lowest BCUT2D eigenvalue weighted by Gasteiger charge is -2.25. The molecule has 0 saturated heterocycles. The van der Waals surface area contributed by atoms with Crippen LogP contribution in [0.15, 0.2) is 64.9 Å². The molecule has 0 aliphatic carbocycles. The summed E-state index contributed by atoms with van der Waals surface area (Å²) in [6.45, 7) is 0. The van der Waals surface area contributed by atoms with E-state index >= 15 is 0 Å². The van der Waals surface area contributed by atoms with Crippen LogP contribution >= 0.6 is 23.1 Å². The van der Waals surface area contributed by atoms with Crippen molar-refractivity contribution in [2.45, 2.75) is 12.2 Å². The minimum atomic E-state index is -1.87. The average Bonchev–Trinajstić information content (AvgIpc) is 3.49. The van der Waals surface area contributed by atoms with E-state index in [9.17, 15) is 9.90 Å². The molecule has 1 unspecified atom stereocenters. The molecular weight excluding hydrogens is 420 g/mol. The summed E-state index contributed by atoms with van der Waals surface area (Å²) < 4.78 is 19.3. The molecule has 2 aromatic heterocycles. The van der Waals surface area contributed by atoms with E-state index in [0.29, 0.717) is 40.0 Å². The Balaban J connectivity index is 1.69. The third kappa shape index (κ3) is 3.09. The number of rotatable bonds is 5. The van der Waals surface area contributed by atoms with Crippen LogP contribution in [0, 0.1) is 0 Å². The Kier molecular flexibility index (Phi) is 4.62. The summed E-state index contributed by atoms with van der Waals surface area (Å²) in [5, 5.41) is 15.6. The molecule has 0 amide bonds. The van der Waals surface area contributed by atoms with E-state index in [1.165, 1.54) is 0 Å². The fourth-order valence-corrected chi connectivity index (χ4v) is 4.81. The molecule has 5 rings (SSSR count). The van der Waals surface area contributed by atoms with E-state index in [2.05, 4.69) is 8.75 Å². The smallest absolute Gasteiger partial charge is 0.342 e. The van der Waals surface area contributed by atoms with Crippen LogP contribution in [0.1, 0.15) is 16.7 Å². The van der Waals surface area contributed by atoms with E-state index in [1.54, 1.807) is 42.7 Å². The van der Waals surface area contributed by atoms with Crippen LogP contribution in [-0.2, 0) is 21.7 Å². The molecule has 1 N–H and O–H groups in total. The molecule has 1 atom stereocenters. The number of aromatic nitrogens is 2. The third-order valence-corrected chi connectivity index (χ3v) is 6.43. The van der Waals surface area contributed by atoms with Gasteiger partial charge >= 0.3 is 5.97 Å². The number of fused-ring (bicyclic) bond motifs is 1. The number of hydrogen-bond acceptors (Lipinski definition) is 8. The maximum Gasteiger partial charge on any atom is 0.342 e. The lowest BCUT2D eigenvalue weighted by molar-refractivity contribution is -0.185. The zero-order valence-corrected chi connectivity index (χ0v) is 17.5. The summed E-state index contributed by atoms with van der Waals surface area (Å²) in [6, 6.07) is 14.3. The van der Waals surface area contributed by atoms with Crippen molar-refractivity contribution in [2.24, 2.45) is 0 Å². The summed E-state index contributed by atoms with van der Waals surface area (Å²) in [4.78, 5) is 13.0. The Hall–Kier alpha value is -3.07. The number of methoxy groups -OCH3 is 1. The van der Waals surface area contributed by atoms with Crippen molar-refractivity contribution in [2.75, 3.05) is 7.11 Å². The lowest BCUT2D eigenvalue weighted by atomic mass is 9.88. The summed E-state index contributed by atoms with van der Waals surface area (Å²) >= 11 is 2.68. The number of cyclic esters (lactones) is 1. The van der Waals surface area contributed by atoms with Gasteiger partial charge < -0.3 is 14.6 Å². The predicted molar refractivity (Wildman–Crippen MR) is 115 cm³/mol. The van der Waals surface area contributed by atoms with E-state index in [0.717, 1.165) is 22.8 Å². The molecular formula is C22H16N2O4S2. The first-order valence-corrected chi connectivity index (χ1v) is 10.8.